The summed E-state index contributed by atoms with van der Waals surface area (Å²) in [6, 6.07) is 2.34. The van der Waals surface area contributed by atoms with Crippen LogP contribution in [0.3, 0.4) is 0 Å². The van der Waals surface area contributed by atoms with Crippen molar-refractivity contribution in [1.82, 2.24) is 15.1 Å². The first-order valence-electron chi connectivity index (χ1n) is 6.74. The summed E-state index contributed by atoms with van der Waals surface area (Å²) in [5, 5.41) is 10.2. The normalized spacial score (nSPS) is 12.8. The lowest BCUT2D eigenvalue weighted by molar-refractivity contribution is 0.591. The Morgan fingerprint density at radius 2 is 2.26 bits per heavy atom. The van der Waals surface area contributed by atoms with Crippen molar-refractivity contribution < 1.29 is 0 Å². The number of aryl methyl sites for hydroxylation is 1. The molecule has 2 aromatic rings. The zero-order valence-corrected chi connectivity index (χ0v) is 13.8. The summed E-state index contributed by atoms with van der Waals surface area (Å²) in [4.78, 5) is 1.32. The molecule has 0 spiro atoms. The van der Waals surface area contributed by atoms with Crippen molar-refractivity contribution >= 4 is 27.3 Å². The molecule has 0 saturated heterocycles. The fourth-order valence-electron chi connectivity index (χ4n) is 2.04. The average molecular weight is 342 g/mol. The standard InChI is InChI=1S/C14H20BrN3S/c1-3-6-16-13(14-12(15)5-8-19-14)11-9-17-18(10-11)7-4-2/h5,8-10,13,16H,3-4,6-7H2,1-2H3. The molecule has 2 rings (SSSR count). The second-order valence-corrected chi connectivity index (χ2v) is 6.36. The molecule has 0 aliphatic carbocycles. The van der Waals surface area contributed by atoms with Gasteiger partial charge in [-0.1, -0.05) is 13.8 Å². The fraction of sp³-hybridized carbons (Fsp3) is 0.500. The van der Waals surface area contributed by atoms with Crippen molar-refractivity contribution in [3.8, 4) is 0 Å². The third-order valence-corrected chi connectivity index (χ3v) is 4.88. The second-order valence-electron chi connectivity index (χ2n) is 4.56. The molecule has 1 atom stereocenters. The van der Waals surface area contributed by atoms with Gasteiger partial charge in [0, 0.05) is 27.7 Å². The summed E-state index contributed by atoms with van der Waals surface area (Å²) in [7, 11) is 0. The Labute approximate surface area is 127 Å². The molecule has 0 amide bonds. The Bertz CT molecular complexity index is 506. The van der Waals surface area contributed by atoms with E-state index in [4.69, 9.17) is 0 Å². The van der Waals surface area contributed by atoms with Crippen LogP contribution < -0.4 is 5.32 Å². The predicted octanol–water partition coefficient (Wildman–Crippen LogP) is 4.21. The Kier molecular flexibility index (Phi) is 5.60. The zero-order valence-electron chi connectivity index (χ0n) is 11.4. The van der Waals surface area contributed by atoms with Crippen LogP contribution in [0.4, 0.5) is 0 Å². The number of aromatic nitrogens is 2. The molecule has 0 aliphatic heterocycles. The van der Waals surface area contributed by atoms with Gasteiger partial charge in [-0.2, -0.15) is 5.10 Å². The highest BCUT2D eigenvalue weighted by molar-refractivity contribution is 9.10. The fourth-order valence-corrected chi connectivity index (χ4v) is 3.75. The maximum Gasteiger partial charge on any atom is 0.0713 e. The van der Waals surface area contributed by atoms with Gasteiger partial charge in [0.25, 0.3) is 0 Å². The van der Waals surface area contributed by atoms with Crippen LogP contribution >= 0.6 is 27.3 Å². The number of rotatable bonds is 7. The molecule has 2 aromatic heterocycles. The highest BCUT2D eigenvalue weighted by atomic mass is 79.9. The van der Waals surface area contributed by atoms with E-state index in [2.05, 4.69) is 57.8 Å². The first-order chi connectivity index (χ1) is 9.26. The quantitative estimate of drug-likeness (QED) is 0.817. The van der Waals surface area contributed by atoms with Crippen LogP contribution in [0.5, 0.6) is 0 Å². The highest BCUT2D eigenvalue weighted by Crippen LogP contribution is 2.33. The molecule has 0 fully saturated rings. The number of hydrogen-bond donors (Lipinski definition) is 1. The molecule has 2 heterocycles. The molecule has 0 aromatic carbocycles. The Morgan fingerprint density at radius 1 is 1.42 bits per heavy atom. The second kappa shape index (κ2) is 7.22. The van der Waals surface area contributed by atoms with Crippen LogP contribution in [0.1, 0.15) is 43.2 Å². The molecule has 5 heteroatoms. The van der Waals surface area contributed by atoms with E-state index < -0.39 is 0 Å². The Balaban J connectivity index is 2.23. The van der Waals surface area contributed by atoms with Gasteiger partial charge in [0.1, 0.15) is 0 Å². The van der Waals surface area contributed by atoms with Crippen LogP contribution in [0.2, 0.25) is 0 Å². The molecule has 1 unspecified atom stereocenters. The van der Waals surface area contributed by atoms with E-state index in [1.54, 1.807) is 11.3 Å². The van der Waals surface area contributed by atoms with Crippen LogP contribution in [0.15, 0.2) is 28.3 Å². The van der Waals surface area contributed by atoms with Gasteiger partial charge >= 0.3 is 0 Å². The molecule has 3 nitrogen and oxygen atoms in total. The van der Waals surface area contributed by atoms with E-state index in [0.29, 0.717) is 0 Å². The van der Waals surface area contributed by atoms with Gasteiger partial charge in [-0.3, -0.25) is 4.68 Å². The minimum absolute atomic E-state index is 0.236. The van der Waals surface area contributed by atoms with Crippen molar-refractivity contribution in [3.05, 3.63) is 38.8 Å². The van der Waals surface area contributed by atoms with E-state index in [-0.39, 0.29) is 6.04 Å². The lowest BCUT2D eigenvalue weighted by atomic mass is 10.1. The van der Waals surface area contributed by atoms with E-state index in [9.17, 15) is 0 Å². The molecule has 0 radical (unpaired) electrons. The highest BCUT2D eigenvalue weighted by Gasteiger charge is 2.19. The van der Waals surface area contributed by atoms with Crippen LogP contribution in [-0.2, 0) is 6.54 Å². The van der Waals surface area contributed by atoms with E-state index in [1.165, 1.54) is 14.9 Å². The maximum absolute atomic E-state index is 4.44. The van der Waals surface area contributed by atoms with Gasteiger partial charge in [-0.25, -0.2) is 0 Å². The van der Waals surface area contributed by atoms with Gasteiger partial charge in [0.2, 0.25) is 0 Å². The Hall–Kier alpha value is -0.650. The van der Waals surface area contributed by atoms with Gasteiger partial charge in [0.15, 0.2) is 0 Å². The van der Waals surface area contributed by atoms with E-state index in [1.807, 2.05) is 10.9 Å². The van der Waals surface area contributed by atoms with Crippen LogP contribution in [0, 0.1) is 0 Å². The molecule has 0 saturated carbocycles. The number of nitrogens with zero attached hydrogens (tertiary/aromatic N) is 2. The molecule has 0 aliphatic rings. The van der Waals surface area contributed by atoms with Gasteiger partial charge in [0.05, 0.1) is 12.2 Å². The number of hydrogen-bond acceptors (Lipinski definition) is 3. The monoisotopic (exact) mass is 341 g/mol. The van der Waals surface area contributed by atoms with Crippen molar-refractivity contribution in [2.45, 2.75) is 39.3 Å². The lowest BCUT2D eigenvalue weighted by Crippen LogP contribution is -2.22. The number of nitrogens with one attached hydrogen (secondary N) is 1. The van der Waals surface area contributed by atoms with Crippen molar-refractivity contribution in [1.29, 1.82) is 0 Å². The molecular formula is C14H20BrN3S. The summed E-state index contributed by atoms with van der Waals surface area (Å²) < 4.78 is 3.20. The SMILES string of the molecule is CCCNC(c1cnn(CCC)c1)c1sccc1Br. The molecular weight excluding hydrogens is 322 g/mol. The number of thiophene rings is 1. The Morgan fingerprint density at radius 3 is 2.89 bits per heavy atom. The number of halogens is 1. The van der Waals surface area contributed by atoms with Crippen LogP contribution in [0.25, 0.3) is 0 Å². The van der Waals surface area contributed by atoms with Gasteiger partial charge < -0.3 is 5.32 Å². The van der Waals surface area contributed by atoms with E-state index >= 15 is 0 Å². The largest absolute Gasteiger partial charge is 0.305 e. The first-order valence-corrected chi connectivity index (χ1v) is 8.42. The summed E-state index contributed by atoms with van der Waals surface area (Å²) in [6.45, 7) is 6.35. The topological polar surface area (TPSA) is 29.9 Å². The van der Waals surface area contributed by atoms with Gasteiger partial charge in [-0.05, 0) is 46.8 Å². The summed E-state index contributed by atoms with van der Waals surface area (Å²) >= 11 is 5.42. The smallest absolute Gasteiger partial charge is 0.0713 e. The molecule has 1 N–H and O–H groups in total. The summed E-state index contributed by atoms with van der Waals surface area (Å²) in [6.07, 6.45) is 6.37. The third kappa shape index (κ3) is 3.68. The van der Waals surface area contributed by atoms with Crippen molar-refractivity contribution in [2.24, 2.45) is 0 Å². The third-order valence-electron chi connectivity index (χ3n) is 2.94. The average Bonchev–Trinajstić information content (AvgIpc) is 3.01. The lowest BCUT2D eigenvalue weighted by Gasteiger charge is -2.16. The van der Waals surface area contributed by atoms with Crippen LogP contribution in [-0.4, -0.2) is 16.3 Å². The minimum Gasteiger partial charge on any atom is -0.305 e. The summed E-state index contributed by atoms with van der Waals surface area (Å²) in [5.41, 5.74) is 1.24. The molecule has 0 bridgehead atoms. The van der Waals surface area contributed by atoms with Crippen molar-refractivity contribution in [3.63, 3.8) is 0 Å². The van der Waals surface area contributed by atoms with E-state index in [0.717, 1.165) is 25.9 Å². The summed E-state index contributed by atoms with van der Waals surface area (Å²) in [5.74, 6) is 0. The molecule has 19 heavy (non-hydrogen) atoms. The van der Waals surface area contributed by atoms with Crippen molar-refractivity contribution in [2.75, 3.05) is 6.54 Å². The predicted molar refractivity (Wildman–Crippen MR) is 84.7 cm³/mol. The molecule has 104 valence electrons. The zero-order chi connectivity index (χ0) is 13.7. The maximum atomic E-state index is 4.44. The first kappa shape index (κ1) is 14.8. The van der Waals surface area contributed by atoms with Gasteiger partial charge in [-0.15, -0.1) is 11.3 Å². The minimum atomic E-state index is 0.236.